The van der Waals surface area contributed by atoms with E-state index in [1.807, 2.05) is 0 Å². The van der Waals surface area contributed by atoms with Crippen LogP contribution >= 0.6 is 0 Å². The third kappa shape index (κ3) is 3.39. The molecule has 0 radical (unpaired) electrons. The van der Waals surface area contributed by atoms with Crippen LogP contribution < -0.4 is 5.73 Å². The summed E-state index contributed by atoms with van der Waals surface area (Å²) in [6, 6.07) is 9.19. The van der Waals surface area contributed by atoms with Gasteiger partial charge in [-0.2, -0.15) is 0 Å². The van der Waals surface area contributed by atoms with E-state index in [1.165, 1.54) is 30.4 Å². The lowest BCUT2D eigenvalue weighted by Gasteiger charge is -2.28. The van der Waals surface area contributed by atoms with E-state index in [0.29, 0.717) is 5.41 Å². The number of rotatable bonds is 3. The molecule has 2 atom stereocenters. The van der Waals surface area contributed by atoms with Crippen LogP contribution in [0, 0.1) is 11.3 Å². The average molecular weight is 259 g/mol. The summed E-state index contributed by atoms with van der Waals surface area (Å²) in [6.45, 7) is 9.99. The van der Waals surface area contributed by atoms with Crippen molar-refractivity contribution in [2.24, 2.45) is 17.1 Å². The molecule has 19 heavy (non-hydrogen) atoms. The van der Waals surface area contributed by atoms with E-state index in [1.54, 1.807) is 0 Å². The number of hydrogen-bond acceptors (Lipinski definition) is 1. The Morgan fingerprint density at radius 1 is 1.21 bits per heavy atom. The molecule has 2 N–H and O–H groups in total. The molecular formula is C18H29N. The largest absolute Gasteiger partial charge is 0.330 e. The molecule has 0 bridgehead atoms. The lowest BCUT2D eigenvalue weighted by Crippen LogP contribution is -2.30. The molecular weight excluding hydrogens is 230 g/mol. The lowest BCUT2D eigenvalue weighted by atomic mass is 9.78. The van der Waals surface area contributed by atoms with E-state index in [2.05, 4.69) is 52.0 Å². The fraction of sp³-hybridized carbons (Fsp3) is 0.667. The standard InChI is InChI=1S/C18H29N/c1-14-9-10-18(11-14,13-19)12-15-5-7-16(8-6-15)17(2,3)4/h5-8,14H,9-13,19H2,1-4H3. The van der Waals surface area contributed by atoms with E-state index in [9.17, 15) is 0 Å². The van der Waals surface area contributed by atoms with E-state index in [4.69, 9.17) is 5.73 Å². The second kappa shape index (κ2) is 5.28. The van der Waals surface area contributed by atoms with Crippen molar-refractivity contribution in [2.75, 3.05) is 6.54 Å². The molecule has 0 saturated heterocycles. The summed E-state index contributed by atoms with van der Waals surface area (Å²) in [6.07, 6.45) is 5.09. The molecule has 1 aromatic rings. The molecule has 106 valence electrons. The predicted molar refractivity (Wildman–Crippen MR) is 83.3 cm³/mol. The van der Waals surface area contributed by atoms with Crippen LogP contribution in [-0.2, 0) is 11.8 Å². The molecule has 1 aliphatic carbocycles. The molecule has 1 aromatic carbocycles. The minimum atomic E-state index is 0.242. The minimum absolute atomic E-state index is 0.242. The Kier molecular flexibility index (Phi) is 4.06. The van der Waals surface area contributed by atoms with Gasteiger partial charge >= 0.3 is 0 Å². The van der Waals surface area contributed by atoms with Gasteiger partial charge in [-0.05, 0) is 53.7 Å². The first kappa shape index (κ1) is 14.6. The fourth-order valence-electron chi connectivity index (χ4n) is 3.47. The fourth-order valence-corrected chi connectivity index (χ4v) is 3.47. The van der Waals surface area contributed by atoms with Crippen molar-refractivity contribution < 1.29 is 0 Å². The van der Waals surface area contributed by atoms with E-state index < -0.39 is 0 Å². The van der Waals surface area contributed by atoms with Crippen LogP contribution in [0.25, 0.3) is 0 Å². The molecule has 0 aromatic heterocycles. The van der Waals surface area contributed by atoms with Crippen molar-refractivity contribution >= 4 is 0 Å². The molecule has 1 aliphatic rings. The summed E-state index contributed by atoms with van der Waals surface area (Å²) in [5.74, 6) is 0.845. The van der Waals surface area contributed by atoms with Gasteiger partial charge in [0.15, 0.2) is 0 Å². The summed E-state index contributed by atoms with van der Waals surface area (Å²) in [5.41, 5.74) is 9.55. The van der Waals surface area contributed by atoms with Gasteiger partial charge < -0.3 is 5.73 Å². The highest BCUT2D eigenvalue weighted by molar-refractivity contribution is 5.28. The van der Waals surface area contributed by atoms with Gasteiger partial charge in [-0.25, -0.2) is 0 Å². The van der Waals surface area contributed by atoms with Gasteiger partial charge in [-0.15, -0.1) is 0 Å². The predicted octanol–water partition coefficient (Wildman–Crippen LogP) is 4.29. The van der Waals surface area contributed by atoms with Gasteiger partial charge in [0.25, 0.3) is 0 Å². The van der Waals surface area contributed by atoms with Crippen LogP contribution in [-0.4, -0.2) is 6.54 Å². The maximum absolute atomic E-state index is 6.08. The normalized spacial score (nSPS) is 27.7. The van der Waals surface area contributed by atoms with E-state index >= 15 is 0 Å². The molecule has 2 rings (SSSR count). The van der Waals surface area contributed by atoms with Gasteiger partial charge in [0, 0.05) is 0 Å². The van der Waals surface area contributed by atoms with Crippen molar-refractivity contribution in [1.82, 2.24) is 0 Å². The van der Waals surface area contributed by atoms with Crippen molar-refractivity contribution in [3.8, 4) is 0 Å². The van der Waals surface area contributed by atoms with E-state index in [-0.39, 0.29) is 5.41 Å². The highest BCUT2D eigenvalue weighted by Crippen LogP contribution is 2.43. The third-order valence-electron chi connectivity index (χ3n) is 4.78. The van der Waals surface area contributed by atoms with Crippen LogP contribution in [0.3, 0.4) is 0 Å². The summed E-state index contributed by atoms with van der Waals surface area (Å²) in [5, 5.41) is 0. The molecule has 0 aliphatic heterocycles. The van der Waals surface area contributed by atoms with Crippen LogP contribution in [0.15, 0.2) is 24.3 Å². The van der Waals surface area contributed by atoms with E-state index in [0.717, 1.165) is 18.9 Å². The summed E-state index contributed by atoms with van der Waals surface area (Å²) in [4.78, 5) is 0. The van der Waals surface area contributed by atoms with Crippen molar-refractivity contribution in [3.05, 3.63) is 35.4 Å². The quantitative estimate of drug-likeness (QED) is 0.861. The molecule has 1 nitrogen and oxygen atoms in total. The summed E-state index contributed by atoms with van der Waals surface area (Å²) >= 11 is 0. The average Bonchev–Trinajstić information content (AvgIpc) is 2.71. The monoisotopic (exact) mass is 259 g/mol. The topological polar surface area (TPSA) is 26.0 Å². The maximum Gasteiger partial charge on any atom is -0.00172 e. The molecule has 0 spiro atoms. The Morgan fingerprint density at radius 2 is 1.84 bits per heavy atom. The second-order valence-corrected chi connectivity index (χ2v) is 7.68. The SMILES string of the molecule is CC1CCC(CN)(Cc2ccc(C(C)(C)C)cc2)C1. The highest BCUT2D eigenvalue weighted by Gasteiger charge is 2.36. The van der Waals surface area contributed by atoms with Gasteiger partial charge in [0.05, 0.1) is 0 Å². The zero-order valence-electron chi connectivity index (χ0n) is 13.0. The third-order valence-corrected chi connectivity index (χ3v) is 4.78. The molecule has 0 amide bonds. The Labute approximate surface area is 118 Å². The number of nitrogens with two attached hydrogens (primary N) is 1. The van der Waals surface area contributed by atoms with Gasteiger partial charge in [0.2, 0.25) is 0 Å². The smallest absolute Gasteiger partial charge is 0.00172 e. The Hall–Kier alpha value is -0.820. The van der Waals surface area contributed by atoms with Crippen LogP contribution in [0.4, 0.5) is 0 Å². The first-order chi connectivity index (χ1) is 8.85. The summed E-state index contributed by atoms with van der Waals surface area (Å²) in [7, 11) is 0. The van der Waals surface area contributed by atoms with Crippen LogP contribution in [0.5, 0.6) is 0 Å². The number of benzene rings is 1. The molecule has 1 saturated carbocycles. The minimum Gasteiger partial charge on any atom is -0.330 e. The Morgan fingerprint density at radius 3 is 2.26 bits per heavy atom. The van der Waals surface area contributed by atoms with Gasteiger partial charge in [-0.1, -0.05) is 58.4 Å². The molecule has 1 heteroatoms. The zero-order valence-corrected chi connectivity index (χ0v) is 13.0. The van der Waals surface area contributed by atoms with Crippen molar-refractivity contribution in [3.63, 3.8) is 0 Å². The molecule has 0 heterocycles. The lowest BCUT2D eigenvalue weighted by molar-refractivity contribution is 0.295. The van der Waals surface area contributed by atoms with Crippen molar-refractivity contribution in [1.29, 1.82) is 0 Å². The van der Waals surface area contributed by atoms with Crippen LogP contribution in [0.1, 0.15) is 58.1 Å². The summed E-state index contributed by atoms with van der Waals surface area (Å²) < 4.78 is 0. The Balaban J connectivity index is 2.11. The first-order valence-corrected chi connectivity index (χ1v) is 7.64. The Bertz CT molecular complexity index is 412. The zero-order chi connectivity index (χ0) is 14.1. The first-order valence-electron chi connectivity index (χ1n) is 7.64. The van der Waals surface area contributed by atoms with Gasteiger partial charge in [-0.3, -0.25) is 0 Å². The van der Waals surface area contributed by atoms with Crippen LogP contribution in [0.2, 0.25) is 0 Å². The molecule has 2 unspecified atom stereocenters. The highest BCUT2D eigenvalue weighted by atomic mass is 14.6. The maximum atomic E-state index is 6.08. The van der Waals surface area contributed by atoms with Crippen molar-refractivity contribution in [2.45, 2.75) is 58.8 Å². The molecule has 1 fully saturated rings. The second-order valence-electron chi connectivity index (χ2n) is 7.68. The number of hydrogen-bond donors (Lipinski definition) is 1. The van der Waals surface area contributed by atoms with Gasteiger partial charge in [0.1, 0.15) is 0 Å².